The Kier molecular flexibility index (Phi) is 5.79. The molecule has 144 valence electrons. The van der Waals surface area contributed by atoms with E-state index >= 15 is 0 Å². The maximum absolute atomic E-state index is 11.7. The molecule has 0 fully saturated rings. The molecule has 0 saturated heterocycles. The second-order valence-electron chi connectivity index (χ2n) is 6.27. The largest absolute Gasteiger partial charge is 0.504 e. The van der Waals surface area contributed by atoms with Gasteiger partial charge in [0.2, 0.25) is 0 Å². The number of aromatic carboxylic acids is 1. The minimum atomic E-state index is -0.961. The van der Waals surface area contributed by atoms with Gasteiger partial charge in [-0.15, -0.1) is 0 Å². The molecule has 28 heavy (non-hydrogen) atoms. The normalized spacial score (nSPS) is 10.5. The number of benzene rings is 2. The van der Waals surface area contributed by atoms with E-state index in [2.05, 4.69) is 4.98 Å². The van der Waals surface area contributed by atoms with E-state index in [0.717, 1.165) is 22.5 Å². The third-order valence-corrected chi connectivity index (χ3v) is 4.56. The van der Waals surface area contributed by atoms with Crippen molar-refractivity contribution in [3.63, 3.8) is 0 Å². The molecule has 2 N–H and O–H groups in total. The Bertz CT molecular complexity index is 974. The number of ether oxygens (including phenoxy) is 1. The fourth-order valence-corrected chi connectivity index (χ4v) is 3.24. The second-order valence-corrected chi connectivity index (χ2v) is 6.27. The molecule has 0 bridgehead atoms. The molecule has 2 aromatic carbocycles. The molecule has 0 aliphatic heterocycles. The number of carboxylic acids is 1. The summed E-state index contributed by atoms with van der Waals surface area (Å²) in [4.78, 5) is 17.8. The first-order chi connectivity index (χ1) is 13.5. The number of methoxy groups -OCH3 is 1. The van der Waals surface area contributed by atoms with Crippen molar-refractivity contribution < 1.29 is 19.7 Å². The number of anilines is 2. The van der Waals surface area contributed by atoms with Crippen LogP contribution in [-0.2, 0) is 13.0 Å². The number of carboxylic acid groups (broad SMARTS) is 1. The highest BCUT2D eigenvalue weighted by molar-refractivity contribution is 5.92. The first-order valence-corrected chi connectivity index (χ1v) is 8.93. The Morgan fingerprint density at radius 2 is 2.00 bits per heavy atom. The highest BCUT2D eigenvalue weighted by Crippen LogP contribution is 2.37. The lowest BCUT2D eigenvalue weighted by Gasteiger charge is -2.28. The number of hydrogen-bond acceptors (Lipinski definition) is 5. The van der Waals surface area contributed by atoms with Gasteiger partial charge in [-0.2, -0.15) is 0 Å². The van der Waals surface area contributed by atoms with E-state index in [4.69, 9.17) is 4.74 Å². The van der Waals surface area contributed by atoms with E-state index in [1.54, 1.807) is 36.7 Å². The Hall–Kier alpha value is -3.54. The van der Waals surface area contributed by atoms with Crippen LogP contribution in [0.5, 0.6) is 11.5 Å². The summed E-state index contributed by atoms with van der Waals surface area (Å²) in [6.45, 7) is 2.40. The monoisotopic (exact) mass is 378 g/mol. The zero-order chi connectivity index (χ0) is 20.1. The predicted molar refractivity (Wildman–Crippen MR) is 108 cm³/mol. The van der Waals surface area contributed by atoms with Crippen molar-refractivity contribution in [3.05, 3.63) is 77.6 Å². The number of phenols is 1. The number of carbonyl (C=O) groups is 1. The molecule has 0 spiro atoms. The molecule has 3 rings (SSSR count). The van der Waals surface area contributed by atoms with Gasteiger partial charge < -0.3 is 19.8 Å². The van der Waals surface area contributed by atoms with Crippen molar-refractivity contribution in [1.29, 1.82) is 0 Å². The van der Waals surface area contributed by atoms with Crippen LogP contribution in [-0.4, -0.2) is 28.3 Å². The van der Waals surface area contributed by atoms with Crippen LogP contribution in [0.2, 0.25) is 0 Å². The van der Waals surface area contributed by atoms with Gasteiger partial charge in [0.1, 0.15) is 0 Å². The van der Waals surface area contributed by atoms with Crippen LogP contribution in [0.1, 0.15) is 28.4 Å². The van der Waals surface area contributed by atoms with Gasteiger partial charge in [-0.25, -0.2) is 4.79 Å². The second kappa shape index (κ2) is 8.43. The topological polar surface area (TPSA) is 82.9 Å². The van der Waals surface area contributed by atoms with Crippen molar-refractivity contribution in [3.8, 4) is 11.5 Å². The number of phenolic OH excluding ortho intramolecular Hbond substituents is 1. The Balaban J connectivity index is 2.16. The molecule has 0 radical (unpaired) electrons. The minimum Gasteiger partial charge on any atom is -0.504 e. The zero-order valence-corrected chi connectivity index (χ0v) is 15.8. The van der Waals surface area contributed by atoms with Crippen LogP contribution in [0.3, 0.4) is 0 Å². The number of aromatic nitrogens is 1. The number of nitrogens with zero attached hydrogens (tertiary/aromatic N) is 2. The number of pyridine rings is 1. The summed E-state index contributed by atoms with van der Waals surface area (Å²) in [7, 11) is 1.49. The summed E-state index contributed by atoms with van der Waals surface area (Å²) < 4.78 is 5.14. The number of aromatic hydroxyl groups is 1. The van der Waals surface area contributed by atoms with E-state index in [9.17, 15) is 15.0 Å². The van der Waals surface area contributed by atoms with Gasteiger partial charge >= 0.3 is 5.97 Å². The van der Waals surface area contributed by atoms with Crippen molar-refractivity contribution in [2.24, 2.45) is 0 Å². The first-order valence-electron chi connectivity index (χ1n) is 8.93. The summed E-state index contributed by atoms with van der Waals surface area (Å²) in [5.74, 6) is -0.568. The summed E-state index contributed by atoms with van der Waals surface area (Å²) in [6, 6.07) is 14.2. The third-order valence-electron chi connectivity index (χ3n) is 4.56. The quantitative estimate of drug-likeness (QED) is 0.634. The number of hydrogen-bond donors (Lipinski definition) is 2. The van der Waals surface area contributed by atoms with Gasteiger partial charge in [0.25, 0.3) is 0 Å². The van der Waals surface area contributed by atoms with Gasteiger partial charge in [-0.3, -0.25) is 4.98 Å². The summed E-state index contributed by atoms with van der Waals surface area (Å²) in [6.07, 6.45) is 4.03. The van der Waals surface area contributed by atoms with Gasteiger partial charge in [-0.05, 0) is 47.9 Å². The molecule has 6 nitrogen and oxygen atoms in total. The van der Waals surface area contributed by atoms with Gasteiger partial charge in [0.15, 0.2) is 11.5 Å². The number of rotatable bonds is 7. The van der Waals surface area contributed by atoms with Crippen LogP contribution in [0.15, 0.2) is 60.9 Å². The molecule has 3 aromatic rings. The lowest BCUT2D eigenvalue weighted by molar-refractivity contribution is 0.0695. The van der Waals surface area contributed by atoms with Crippen molar-refractivity contribution >= 4 is 17.3 Å². The van der Waals surface area contributed by atoms with Gasteiger partial charge in [0.05, 0.1) is 12.7 Å². The van der Waals surface area contributed by atoms with Crippen LogP contribution < -0.4 is 9.64 Å². The maximum atomic E-state index is 11.7. The smallest absolute Gasteiger partial charge is 0.336 e. The fraction of sp³-hybridized carbons (Fsp3) is 0.182. The van der Waals surface area contributed by atoms with Crippen LogP contribution >= 0.6 is 0 Å². The molecule has 0 aliphatic carbocycles. The molecule has 0 amide bonds. The summed E-state index contributed by atoms with van der Waals surface area (Å²) in [5, 5.41) is 19.9. The highest BCUT2D eigenvalue weighted by atomic mass is 16.5. The SMILES string of the molecule is CCc1c(C(=O)O)cccc1N(Cc1cccnc1)c1ccc(OC)c(O)c1. The molecule has 0 unspecified atom stereocenters. The highest BCUT2D eigenvalue weighted by Gasteiger charge is 2.19. The standard InChI is InChI=1S/C22H22N2O4/c1-3-17-18(22(26)27)7-4-8-19(17)24(14-15-6-5-11-23-13-15)16-9-10-21(28-2)20(25)12-16/h4-13,25H,3,14H2,1-2H3,(H,26,27). The van der Waals surface area contributed by atoms with Crippen molar-refractivity contribution in [1.82, 2.24) is 4.98 Å². The van der Waals surface area contributed by atoms with E-state index in [1.807, 2.05) is 36.1 Å². The van der Waals surface area contributed by atoms with Gasteiger partial charge in [0, 0.05) is 36.4 Å². The Morgan fingerprint density at radius 3 is 2.61 bits per heavy atom. The van der Waals surface area contributed by atoms with E-state index in [0.29, 0.717) is 18.7 Å². The van der Waals surface area contributed by atoms with E-state index in [1.165, 1.54) is 7.11 Å². The molecular formula is C22H22N2O4. The van der Waals surface area contributed by atoms with Crippen molar-refractivity contribution in [2.45, 2.75) is 19.9 Å². The zero-order valence-electron chi connectivity index (χ0n) is 15.8. The third kappa shape index (κ3) is 3.91. The summed E-state index contributed by atoms with van der Waals surface area (Å²) in [5.41, 5.74) is 3.46. The fourth-order valence-electron chi connectivity index (χ4n) is 3.24. The molecule has 6 heteroatoms. The lowest BCUT2D eigenvalue weighted by Crippen LogP contribution is -2.19. The average molecular weight is 378 g/mol. The van der Waals surface area contributed by atoms with E-state index < -0.39 is 5.97 Å². The molecule has 1 aromatic heterocycles. The first kappa shape index (κ1) is 19.2. The van der Waals surface area contributed by atoms with Gasteiger partial charge in [-0.1, -0.05) is 19.1 Å². The van der Waals surface area contributed by atoms with Crippen LogP contribution in [0, 0.1) is 0 Å². The van der Waals surface area contributed by atoms with Crippen LogP contribution in [0.4, 0.5) is 11.4 Å². The summed E-state index contributed by atoms with van der Waals surface area (Å²) >= 11 is 0. The van der Waals surface area contributed by atoms with Crippen LogP contribution in [0.25, 0.3) is 0 Å². The predicted octanol–water partition coefficient (Wildman–Crippen LogP) is 4.39. The lowest BCUT2D eigenvalue weighted by atomic mass is 10.0. The molecule has 0 aliphatic rings. The molecule has 0 atom stereocenters. The molecule has 1 heterocycles. The average Bonchev–Trinajstić information content (AvgIpc) is 2.72. The Morgan fingerprint density at radius 1 is 1.18 bits per heavy atom. The minimum absolute atomic E-state index is 0.0172. The van der Waals surface area contributed by atoms with Crippen molar-refractivity contribution in [2.75, 3.05) is 12.0 Å². The molecular weight excluding hydrogens is 356 g/mol. The molecule has 0 saturated carbocycles. The Labute approximate surface area is 163 Å². The van der Waals surface area contributed by atoms with E-state index in [-0.39, 0.29) is 11.3 Å². The maximum Gasteiger partial charge on any atom is 0.336 e.